The number of hydrogen-bond acceptors (Lipinski definition) is 4. The average molecular weight is 464 g/mol. The molecule has 1 unspecified atom stereocenters. The molecule has 144 valence electrons. The first-order chi connectivity index (χ1) is 11.8. The van der Waals surface area contributed by atoms with E-state index in [2.05, 4.69) is 34.6 Å². The van der Waals surface area contributed by atoms with Crippen LogP contribution in [-0.2, 0) is 24.3 Å². The van der Waals surface area contributed by atoms with Gasteiger partial charge in [-0.3, -0.25) is 4.99 Å². The lowest BCUT2D eigenvalue weighted by Gasteiger charge is -2.25. The van der Waals surface area contributed by atoms with Gasteiger partial charge in [0.15, 0.2) is 11.8 Å². The maximum Gasteiger partial charge on any atom is 0.191 e. The Labute approximate surface area is 168 Å². The van der Waals surface area contributed by atoms with Gasteiger partial charge in [0, 0.05) is 32.7 Å². The van der Waals surface area contributed by atoms with E-state index in [0.717, 1.165) is 56.5 Å². The van der Waals surface area contributed by atoms with E-state index in [0.29, 0.717) is 12.6 Å². The van der Waals surface area contributed by atoms with E-state index >= 15 is 0 Å². The third kappa shape index (κ3) is 7.47. The fourth-order valence-electron chi connectivity index (χ4n) is 2.91. The zero-order valence-corrected chi connectivity index (χ0v) is 18.1. The quantitative estimate of drug-likeness (QED) is 0.254. The molecule has 0 aliphatic carbocycles. The summed E-state index contributed by atoms with van der Waals surface area (Å²) in [6, 6.07) is 0.336. The van der Waals surface area contributed by atoms with E-state index in [1.807, 2.05) is 4.68 Å². The van der Waals surface area contributed by atoms with Crippen LogP contribution in [0.5, 0.6) is 0 Å². The van der Waals surface area contributed by atoms with E-state index in [-0.39, 0.29) is 24.0 Å². The molecular formula is C17H33IN6O. The minimum atomic E-state index is 0. The van der Waals surface area contributed by atoms with Crippen molar-refractivity contribution in [3.8, 4) is 0 Å². The Balaban J connectivity index is 0.00000312. The van der Waals surface area contributed by atoms with Gasteiger partial charge in [0.2, 0.25) is 0 Å². The van der Waals surface area contributed by atoms with Crippen LogP contribution in [0.15, 0.2) is 4.99 Å². The van der Waals surface area contributed by atoms with Crippen LogP contribution in [0.3, 0.4) is 0 Å². The number of hydrogen-bond donors (Lipinski definition) is 2. The predicted molar refractivity (Wildman–Crippen MR) is 112 cm³/mol. The first kappa shape index (κ1) is 22.1. The van der Waals surface area contributed by atoms with Crippen LogP contribution >= 0.6 is 24.0 Å². The molecule has 2 rings (SSSR count). The summed E-state index contributed by atoms with van der Waals surface area (Å²) < 4.78 is 7.12. The maximum atomic E-state index is 5.12. The molecule has 1 aliphatic heterocycles. The number of guanidine groups is 1. The predicted octanol–water partition coefficient (Wildman–Crippen LogP) is 2.49. The Bertz CT molecular complexity index is 519. The summed E-state index contributed by atoms with van der Waals surface area (Å²) in [4.78, 5) is 9.22. The minimum absolute atomic E-state index is 0. The molecule has 0 saturated heterocycles. The minimum Gasteiger partial charge on any atom is -0.377 e. The molecule has 0 bridgehead atoms. The van der Waals surface area contributed by atoms with Crippen LogP contribution in [0.1, 0.15) is 57.6 Å². The number of methoxy groups -OCH3 is 1. The van der Waals surface area contributed by atoms with Crippen LogP contribution in [0, 0.1) is 0 Å². The Hall–Kier alpha value is -0.900. The molecule has 8 heteroatoms. The van der Waals surface area contributed by atoms with Gasteiger partial charge in [-0.25, -0.2) is 9.67 Å². The lowest BCUT2D eigenvalue weighted by atomic mass is 10.1. The van der Waals surface area contributed by atoms with Gasteiger partial charge >= 0.3 is 0 Å². The van der Waals surface area contributed by atoms with Gasteiger partial charge in [-0.2, -0.15) is 5.10 Å². The van der Waals surface area contributed by atoms with E-state index in [1.165, 1.54) is 19.3 Å². The topological polar surface area (TPSA) is 76.4 Å². The van der Waals surface area contributed by atoms with E-state index < -0.39 is 0 Å². The van der Waals surface area contributed by atoms with Gasteiger partial charge in [0.05, 0.1) is 6.54 Å². The van der Waals surface area contributed by atoms with Crippen LogP contribution in [0.4, 0.5) is 0 Å². The number of aromatic nitrogens is 3. The fraction of sp³-hybridized carbons (Fsp3) is 0.824. The molecule has 1 atom stereocenters. The SMILES string of the molecule is CCCCCCN=C(NCC)NC1CCc2nc(COC)nn2C1.I. The summed E-state index contributed by atoms with van der Waals surface area (Å²) in [6.45, 7) is 7.39. The van der Waals surface area contributed by atoms with Crippen molar-refractivity contribution in [1.29, 1.82) is 0 Å². The number of rotatable bonds is 9. The smallest absolute Gasteiger partial charge is 0.191 e. The summed E-state index contributed by atoms with van der Waals surface area (Å²) in [7, 11) is 1.67. The summed E-state index contributed by atoms with van der Waals surface area (Å²) in [5, 5.41) is 11.4. The van der Waals surface area contributed by atoms with Crippen LogP contribution in [0.2, 0.25) is 0 Å². The highest BCUT2D eigenvalue weighted by Gasteiger charge is 2.22. The fourth-order valence-corrected chi connectivity index (χ4v) is 2.91. The largest absolute Gasteiger partial charge is 0.377 e. The van der Waals surface area contributed by atoms with Gasteiger partial charge in [-0.05, 0) is 19.8 Å². The van der Waals surface area contributed by atoms with E-state index in [4.69, 9.17) is 9.73 Å². The molecule has 7 nitrogen and oxygen atoms in total. The summed E-state index contributed by atoms with van der Waals surface area (Å²) in [6.07, 6.45) is 6.95. The molecular weight excluding hydrogens is 431 g/mol. The molecule has 1 aromatic heterocycles. The summed E-state index contributed by atoms with van der Waals surface area (Å²) >= 11 is 0. The molecule has 0 amide bonds. The molecule has 2 N–H and O–H groups in total. The van der Waals surface area contributed by atoms with Crippen molar-refractivity contribution in [3.05, 3.63) is 11.6 Å². The van der Waals surface area contributed by atoms with Crippen molar-refractivity contribution in [2.45, 2.75) is 71.6 Å². The van der Waals surface area contributed by atoms with Crippen LogP contribution in [-0.4, -0.2) is 47.0 Å². The monoisotopic (exact) mass is 464 g/mol. The third-order valence-electron chi connectivity index (χ3n) is 4.14. The van der Waals surface area contributed by atoms with Crippen molar-refractivity contribution in [2.75, 3.05) is 20.2 Å². The Morgan fingerprint density at radius 3 is 2.88 bits per heavy atom. The molecule has 0 fully saturated rings. The lowest BCUT2D eigenvalue weighted by molar-refractivity contribution is 0.177. The van der Waals surface area contributed by atoms with Crippen molar-refractivity contribution in [3.63, 3.8) is 0 Å². The molecule has 0 spiro atoms. The van der Waals surface area contributed by atoms with Crippen LogP contribution in [0.25, 0.3) is 0 Å². The molecule has 2 heterocycles. The highest BCUT2D eigenvalue weighted by atomic mass is 127. The van der Waals surface area contributed by atoms with E-state index in [9.17, 15) is 0 Å². The Morgan fingerprint density at radius 2 is 2.16 bits per heavy atom. The highest BCUT2D eigenvalue weighted by molar-refractivity contribution is 14.0. The molecule has 0 aromatic carbocycles. The number of fused-ring (bicyclic) bond motifs is 1. The molecule has 25 heavy (non-hydrogen) atoms. The van der Waals surface area contributed by atoms with Gasteiger partial charge in [0.1, 0.15) is 12.4 Å². The van der Waals surface area contributed by atoms with Gasteiger partial charge in [-0.15, -0.1) is 24.0 Å². The standard InChI is InChI=1S/C17H32N6O.HI/c1-4-6-7-8-11-19-17(18-5-2)20-14-9-10-16-21-15(13-24-3)22-23(16)12-14;/h14H,4-13H2,1-3H3,(H2,18,19,20);1H. The zero-order chi connectivity index (χ0) is 17.2. The second-order valence-corrected chi connectivity index (χ2v) is 6.26. The van der Waals surface area contributed by atoms with Crippen molar-refractivity contribution >= 4 is 29.9 Å². The Morgan fingerprint density at radius 1 is 1.32 bits per heavy atom. The maximum absolute atomic E-state index is 5.12. The van der Waals surface area contributed by atoms with Gasteiger partial charge in [0.25, 0.3) is 0 Å². The van der Waals surface area contributed by atoms with Crippen molar-refractivity contribution in [1.82, 2.24) is 25.4 Å². The normalized spacial score (nSPS) is 16.9. The second kappa shape index (κ2) is 12.5. The van der Waals surface area contributed by atoms with Gasteiger partial charge in [-0.1, -0.05) is 26.2 Å². The number of ether oxygens (including phenoxy) is 1. The van der Waals surface area contributed by atoms with Gasteiger partial charge < -0.3 is 15.4 Å². The number of nitrogens with one attached hydrogen (secondary N) is 2. The second-order valence-electron chi connectivity index (χ2n) is 6.26. The number of nitrogens with zero attached hydrogens (tertiary/aromatic N) is 4. The Kier molecular flexibility index (Phi) is 11.0. The molecule has 1 aliphatic rings. The molecule has 1 aromatic rings. The van der Waals surface area contributed by atoms with Crippen molar-refractivity contribution < 1.29 is 4.74 Å². The average Bonchev–Trinajstić information content (AvgIpc) is 2.97. The third-order valence-corrected chi connectivity index (χ3v) is 4.14. The lowest BCUT2D eigenvalue weighted by Crippen LogP contribution is -2.47. The summed E-state index contributed by atoms with van der Waals surface area (Å²) in [5.41, 5.74) is 0. The number of aryl methyl sites for hydroxylation is 1. The molecule has 0 saturated carbocycles. The highest BCUT2D eigenvalue weighted by Crippen LogP contribution is 2.13. The number of halogens is 1. The van der Waals surface area contributed by atoms with Crippen molar-refractivity contribution in [2.24, 2.45) is 4.99 Å². The first-order valence-corrected chi connectivity index (χ1v) is 9.23. The van der Waals surface area contributed by atoms with Crippen LogP contribution < -0.4 is 10.6 Å². The number of unbranched alkanes of at least 4 members (excludes halogenated alkanes) is 3. The first-order valence-electron chi connectivity index (χ1n) is 9.23. The zero-order valence-electron chi connectivity index (χ0n) is 15.8. The summed E-state index contributed by atoms with van der Waals surface area (Å²) in [5.74, 6) is 2.74. The van der Waals surface area contributed by atoms with E-state index in [1.54, 1.807) is 7.11 Å². The number of aliphatic imine (C=N–C) groups is 1. The molecule has 0 radical (unpaired) electrons.